The van der Waals surface area contributed by atoms with Crippen molar-refractivity contribution in [3.05, 3.63) is 107 Å². The SMILES string of the molecule is Cc1ccc(S(=O)(=O)N[C@@H]2c3cccc4cccc(c34)[C@H]2Sc2ccc(F)cc2)cc1. The number of thioether (sulfide) groups is 1. The van der Waals surface area contributed by atoms with Crippen LogP contribution >= 0.6 is 11.8 Å². The highest BCUT2D eigenvalue weighted by atomic mass is 32.2. The van der Waals surface area contributed by atoms with Crippen LogP contribution in [0.5, 0.6) is 0 Å². The van der Waals surface area contributed by atoms with Crippen LogP contribution < -0.4 is 4.72 Å². The zero-order chi connectivity index (χ0) is 21.6. The van der Waals surface area contributed by atoms with E-state index in [1.54, 1.807) is 48.2 Å². The van der Waals surface area contributed by atoms with Gasteiger partial charge in [-0.05, 0) is 65.2 Å². The summed E-state index contributed by atoms with van der Waals surface area (Å²) >= 11 is 1.54. The van der Waals surface area contributed by atoms with Crippen LogP contribution in [0.25, 0.3) is 10.8 Å². The van der Waals surface area contributed by atoms with Gasteiger partial charge in [0, 0.05) is 4.90 Å². The molecule has 3 nitrogen and oxygen atoms in total. The van der Waals surface area contributed by atoms with E-state index in [2.05, 4.69) is 4.72 Å². The van der Waals surface area contributed by atoms with Gasteiger partial charge >= 0.3 is 0 Å². The Morgan fingerprint density at radius 2 is 1.48 bits per heavy atom. The first-order chi connectivity index (χ1) is 14.9. The van der Waals surface area contributed by atoms with Crippen LogP contribution in [-0.2, 0) is 10.0 Å². The largest absolute Gasteiger partial charge is 0.241 e. The second kappa shape index (κ2) is 7.79. The highest BCUT2D eigenvalue weighted by Gasteiger charge is 2.37. The molecule has 0 amide bonds. The molecule has 1 aliphatic rings. The molecular formula is C25H20FNO2S2. The van der Waals surface area contributed by atoms with E-state index in [9.17, 15) is 12.8 Å². The molecule has 0 heterocycles. The van der Waals surface area contributed by atoms with Crippen LogP contribution in [-0.4, -0.2) is 8.42 Å². The summed E-state index contributed by atoms with van der Waals surface area (Å²) in [7, 11) is -3.73. The summed E-state index contributed by atoms with van der Waals surface area (Å²) < 4.78 is 42.9. The molecule has 5 rings (SSSR count). The van der Waals surface area contributed by atoms with Gasteiger partial charge in [0.1, 0.15) is 5.82 Å². The molecule has 0 unspecified atom stereocenters. The zero-order valence-electron chi connectivity index (χ0n) is 16.7. The van der Waals surface area contributed by atoms with Crippen molar-refractivity contribution in [3.8, 4) is 0 Å². The Morgan fingerprint density at radius 3 is 2.16 bits per heavy atom. The molecule has 1 N–H and O–H groups in total. The van der Waals surface area contributed by atoms with Crippen LogP contribution in [0.1, 0.15) is 28.0 Å². The topological polar surface area (TPSA) is 46.2 Å². The fourth-order valence-corrected chi connectivity index (χ4v) is 6.68. The molecule has 0 saturated heterocycles. The molecule has 0 spiro atoms. The van der Waals surface area contributed by atoms with Crippen molar-refractivity contribution in [2.24, 2.45) is 0 Å². The minimum atomic E-state index is -3.73. The lowest BCUT2D eigenvalue weighted by atomic mass is 10.1. The van der Waals surface area contributed by atoms with Gasteiger partial charge in [-0.2, -0.15) is 0 Å². The van der Waals surface area contributed by atoms with Gasteiger partial charge in [0.25, 0.3) is 0 Å². The van der Waals surface area contributed by atoms with Gasteiger partial charge in [-0.1, -0.05) is 54.1 Å². The lowest BCUT2D eigenvalue weighted by Crippen LogP contribution is -2.30. The molecule has 4 aromatic rings. The van der Waals surface area contributed by atoms with Gasteiger partial charge in [-0.15, -0.1) is 11.8 Å². The number of nitrogens with one attached hydrogen (secondary N) is 1. The van der Waals surface area contributed by atoms with Crippen LogP contribution in [0.3, 0.4) is 0 Å². The molecule has 31 heavy (non-hydrogen) atoms. The highest BCUT2D eigenvalue weighted by Crippen LogP contribution is 2.53. The van der Waals surface area contributed by atoms with E-state index >= 15 is 0 Å². The fraction of sp³-hybridized carbons (Fsp3) is 0.120. The van der Waals surface area contributed by atoms with Crippen molar-refractivity contribution in [1.82, 2.24) is 4.72 Å². The summed E-state index contributed by atoms with van der Waals surface area (Å²) in [4.78, 5) is 1.13. The number of hydrogen-bond acceptors (Lipinski definition) is 3. The minimum absolute atomic E-state index is 0.174. The number of rotatable bonds is 5. The zero-order valence-corrected chi connectivity index (χ0v) is 18.4. The van der Waals surface area contributed by atoms with E-state index in [4.69, 9.17) is 0 Å². The highest BCUT2D eigenvalue weighted by molar-refractivity contribution is 7.99. The van der Waals surface area contributed by atoms with Crippen molar-refractivity contribution in [3.63, 3.8) is 0 Å². The van der Waals surface area contributed by atoms with Gasteiger partial charge in [0.05, 0.1) is 16.2 Å². The second-order valence-corrected chi connectivity index (χ2v) is 10.6. The van der Waals surface area contributed by atoms with E-state index in [-0.39, 0.29) is 16.0 Å². The third-order valence-electron chi connectivity index (χ3n) is 5.60. The molecule has 6 heteroatoms. The quantitative estimate of drug-likeness (QED) is 0.397. The van der Waals surface area contributed by atoms with Gasteiger partial charge in [-0.3, -0.25) is 0 Å². The normalized spacial score (nSPS) is 17.9. The first-order valence-corrected chi connectivity index (χ1v) is 12.3. The summed E-state index contributed by atoms with van der Waals surface area (Å²) in [5.74, 6) is -0.294. The first-order valence-electron chi connectivity index (χ1n) is 9.95. The summed E-state index contributed by atoms with van der Waals surface area (Å²) in [5.41, 5.74) is 3.05. The number of hydrogen-bond donors (Lipinski definition) is 1. The molecule has 4 aromatic carbocycles. The maximum atomic E-state index is 13.4. The van der Waals surface area contributed by atoms with Gasteiger partial charge in [0.15, 0.2) is 0 Å². The monoisotopic (exact) mass is 449 g/mol. The second-order valence-electron chi connectivity index (χ2n) is 7.70. The van der Waals surface area contributed by atoms with Gasteiger partial charge in [-0.25, -0.2) is 17.5 Å². The number of sulfonamides is 1. The van der Waals surface area contributed by atoms with E-state index in [1.165, 1.54) is 12.1 Å². The molecule has 0 aliphatic heterocycles. The lowest BCUT2D eigenvalue weighted by molar-refractivity contribution is 0.557. The molecule has 0 bridgehead atoms. The molecule has 0 radical (unpaired) electrons. The summed E-state index contributed by atoms with van der Waals surface area (Å²) in [6.07, 6.45) is 0. The number of halogens is 1. The Kier molecular flexibility index (Phi) is 5.08. The standard InChI is InChI=1S/C25H20FNO2S2/c1-16-8-14-20(15-9-16)31(28,29)27-24-21-6-2-4-17-5-3-7-22(23(17)21)25(24)30-19-12-10-18(26)11-13-19/h2-15,24-25,27H,1H3/t24-,25-/m1/s1. The smallest absolute Gasteiger partial charge is 0.207 e. The Hall–Kier alpha value is -2.67. The van der Waals surface area contributed by atoms with E-state index in [0.29, 0.717) is 0 Å². The Bertz CT molecular complexity index is 1360. The molecule has 1 aliphatic carbocycles. The maximum absolute atomic E-state index is 13.4. The van der Waals surface area contributed by atoms with Crippen LogP contribution in [0.15, 0.2) is 94.7 Å². The molecule has 0 saturated carbocycles. The van der Waals surface area contributed by atoms with Crippen molar-refractivity contribution in [1.29, 1.82) is 0 Å². The molecule has 156 valence electrons. The lowest BCUT2D eigenvalue weighted by Gasteiger charge is -2.23. The van der Waals surface area contributed by atoms with Crippen molar-refractivity contribution in [2.75, 3.05) is 0 Å². The average Bonchev–Trinajstić information content (AvgIpc) is 3.04. The van der Waals surface area contributed by atoms with Gasteiger partial charge in [0.2, 0.25) is 10.0 Å². The van der Waals surface area contributed by atoms with Crippen molar-refractivity contribution in [2.45, 2.75) is 28.0 Å². The molecule has 0 aromatic heterocycles. The fourth-order valence-electron chi connectivity index (χ4n) is 4.11. The van der Waals surface area contributed by atoms with Crippen LogP contribution in [0.4, 0.5) is 4.39 Å². The van der Waals surface area contributed by atoms with E-state index < -0.39 is 16.1 Å². The molecular weight excluding hydrogens is 429 g/mol. The molecule has 2 atom stereocenters. The third kappa shape index (κ3) is 3.76. The Balaban J connectivity index is 1.58. The maximum Gasteiger partial charge on any atom is 0.241 e. The Morgan fingerprint density at radius 1 is 0.839 bits per heavy atom. The average molecular weight is 450 g/mol. The van der Waals surface area contributed by atoms with E-state index in [0.717, 1.165) is 32.4 Å². The van der Waals surface area contributed by atoms with Crippen molar-refractivity contribution < 1.29 is 12.8 Å². The summed E-state index contributed by atoms with van der Waals surface area (Å²) in [5, 5.41) is 1.99. The van der Waals surface area contributed by atoms with E-state index in [1.807, 2.05) is 43.3 Å². The van der Waals surface area contributed by atoms with Gasteiger partial charge < -0.3 is 0 Å². The third-order valence-corrected chi connectivity index (χ3v) is 8.38. The predicted octanol–water partition coefficient (Wildman–Crippen LogP) is 6.15. The van der Waals surface area contributed by atoms with Crippen molar-refractivity contribution >= 4 is 32.6 Å². The molecule has 0 fully saturated rings. The Labute approximate surface area is 185 Å². The number of benzene rings is 4. The number of aryl methyl sites for hydroxylation is 1. The van der Waals surface area contributed by atoms with Crippen LogP contribution in [0, 0.1) is 12.7 Å². The minimum Gasteiger partial charge on any atom is -0.207 e. The van der Waals surface area contributed by atoms with Crippen LogP contribution in [0.2, 0.25) is 0 Å². The summed E-state index contributed by atoms with van der Waals surface area (Å²) in [6, 6.07) is 24.8. The summed E-state index contributed by atoms with van der Waals surface area (Å²) in [6.45, 7) is 1.92. The first kappa shape index (κ1) is 20.2. The predicted molar refractivity (Wildman–Crippen MR) is 123 cm³/mol.